The Morgan fingerprint density at radius 1 is 1.42 bits per heavy atom. The number of halogens is 1. The Kier molecular flexibility index (Phi) is 2.61. The summed E-state index contributed by atoms with van der Waals surface area (Å²) in [6.07, 6.45) is 7.69. The highest BCUT2D eigenvalue weighted by Crippen LogP contribution is 2.16. The van der Waals surface area contributed by atoms with Gasteiger partial charge in [0.15, 0.2) is 5.78 Å². The Balaban J connectivity index is 0.000000720. The molecule has 1 heterocycles. The van der Waals surface area contributed by atoms with Crippen LogP contribution in [0.25, 0.3) is 6.08 Å². The number of carbonyl (C=O) groups excluding carboxylic acids is 1. The van der Waals surface area contributed by atoms with Gasteiger partial charge in [-0.15, -0.1) is 12.4 Å². The van der Waals surface area contributed by atoms with Gasteiger partial charge in [-0.3, -0.25) is 9.78 Å². The molecule has 2 rings (SSSR count). The maximum atomic E-state index is 11.2. The zero-order valence-corrected chi connectivity index (χ0v) is 7.17. The van der Waals surface area contributed by atoms with Crippen molar-refractivity contribution in [1.29, 1.82) is 0 Å². The van der Waals surface area contributed by atoms with Crippen LogP contribution in [0.1, 0.15) is 22.3 Å². The molecule has 0 amide bonds. The molecule has 0 atom stereocenters. The number of allylic oxidation sites excluding steroid dienone is 1. The zero-order valence-electron chi connectivity index (χ0n) is 6.36. The van der Waals surface area contributed by atoms with Crippen molar-refractivity contribution in [3.05, 3.63) is 35.7 Å². The third-order valence-electron chi connectivity index (χ3n) is 1.75. The molecule has 0 bridgehead atoms. The molecule has 12 heavy (non-hydrogen) atoms. The van der Waals surface area contributed by atoms with Crippen molar-refractivity contribution in [2.24, 2.45) is 0 Å². The Morgan fingerprint density at radius 2 is 2.25 bits per heavy atom. The second kappa shape index (κ2) is 3.50. The van der Waals surface area contributed by atoms with Gasteiger partial charge in [0, 0.05) is 29.9 Å². The number of hydrogen-bond donors (Lipinski definition) is 0. The fourth-order valence-electron chi connectivity index (χ4n) is 1.20. The summed E-state index contributed by atoms with van der Waals surface area (Å²) in [5.74, 6) is 0.185. The molecule has 0 saturated carbocycles. The van der Waals surface area contributed by atoms with Crippen LogP contribution in [0.4, 0.5) is 0 Å². The number of aromatic nitrogens is 1. The van der Waals surface area contributed by atoms with E-state index < -0.39 is 0 Å². The van der Waals surface area contributed by atoms with Crippen LogP contribution < -0.4 is 0 Å². The van der Waals surface area contributed by atoms with Gasteiger partial charge in [0.05, 0.1) is 0 Å². The molecule has 62 valence electrons. The van der Waals surface area contributed by atoms with Crippen molar-refractivity contribution < 1.29 is 4.79 Å². The number of Topliss-reactive ketones (excluding diaryl/α,β-unsaturated/α-hetero) is 1. The molecule has 0 N–H and O–H groups in total. The predicted molar refractivity (Wildman–Crippen MR) is 49.5 cm³/mol. The molecule has 0 radical (unpaired) electrons. The fraction of sp³-hybridized carbons (Fsp3) is 0.111. The molecule has 2 nitrogen and oxygen atoms in total. The van der Waals surface area contributed by atoms with Crippen molar-refractivity contribution in [2.45, 2.75) is 6.42 Å². The second-order valence-corrected chi connectivity index (χ2v) is 2.49. The topological polar surface area (TPSA) is 30.0 Å². The molecule has 0 aliphatic heterocycles. The summed E-state index contributed by atoms with van der Waals surface area (Å²) in [4.78, 5) is 15.1. The third kappa shape index (κ3) is 1.38. The lowest BCUT2D eigenvalue weighted by Crippen LogP contribution is -2.03. The van der Waals surface area contributed by atoms with Crippen LogP contribution in [0.5, 0.6) is 0 Å². The Labute approximate surface area is 76.7 Å². The number of ketones is 1. The van der Waals surface area contributed by atoms with Crippen molar-refractivity contribution in [1.82, 2.24) is 4.98 Å². The Morgan fingerprint density at radius 3 is 3.00 bits per heavy atom. The van der Waals surface area contributed by atoms with Crippen LogP contribution in [0.3, 0.4) is 0 Å². The number of rotatable bonds is 0. The van der Waals surface area contributed by atoms with Gasteiger partial charge in [0.2, 0.25) is 0 Å². The highest BCUT2D eigenvalue weighted by Gasteiger charge is 2.11. The molecule has 1 aromatic rings. The molecule has 0 saturated heterocycles. The van der Waals surface area contributed by atoms with Crippen molar-refractivity contribution in [3.63, 3.8) is 0 Å². The summed E-state index contributed by atoms with van der Waals surface area (Å²) < 4.78 is 0. The SMILES string of the molecule is Cl.O=C1CC=Cc2cnccc21. The maximum Gasteiger partial charge on any atom is 0.167 e. The normalized spacial score (nSPS) is 13.5. The summed E-state index contributed by atoms with van der Waals surface area (Å²) in [6, 6.07) is 1.77. The molecule has 1 aliphatic carbocycles. The summed E-state index contributed by atoms with van der Waals surface area (Å²) in [6.45, 7) is 0. The Bertz CT molecular complexity index is 333. The molecule has 3 heteroatoms. The first-order valence-electron chi connectivity index (χ1n) is 3.52. The Hall–Kier alpha value is -1.15. The number of hydrogen-bond acceptors (Lipinski definition) is 2. The van der Waals surface area contributed by atoms with Crippen LogP contribution in [-0.4, -0.2) is 10.8 Å². The van der Waals surface area contributed by atoms with Crippen LogP contribution >= 0.6 is 12.4 Å². The lowest BCUT2D eigenvalue weighted by atomic mass is 9.99. The summed E-state index contributed by atoms with van der Waals surface area (Å²) >= 11 is 0. The fourth-order valence-corrected chi connectivity index (χ4v) is 1.20. The number of fused-ring (bicyclic) bond motifs is 1. The molecule has 0 aromatic carbocycles. The maximum absolute atomic E-state index is 11.2. The molecular weight excluding hydrogens is 174 g/mol. The highest BCUT2D eigenvalue weighted by atomic mass is 35.5. The lowest BCUT2D eigenvalue weighted by molar-refractivity contribution is 0.0994. The summed E-state index contributed by atoms with van der Waals surface area (Å²) in [7, 11) is 0. The highest BCUT2D eigenvalue weighted by molar-refractivity contribution is 6.02. The monoisotopic (exact) mass is 181 g/mol. The minimum Gasteiger partial charge on any atom is -0.294 e. The number of pyridine rings is 1. The number of carbonyl (C=O) groups is 1. The van der Waals surface area contributed by atoms with Crippen LogP contribution in [0, 0.1) is 0 Å². The van der Waals surface area contributed by atoms with Gasteiger partial charge in [0.25, 0.3) is 0 Å². The van der Waals surface area contributed by atoms with Crippen LogP contribution in [0.2, 0.25) is 0 Å². The van der Waals surface area contributed by atoms with Gasteiger partial charge in [-0.25, -0.2) is 0 Å². The van der Waals surface area contributed by atoms with Gasteiger partial charge in [-0.05, 0) is 6.07 Å². The smallest absolute Gasteiger partial charge is 0.167 e. The van der Waals surface area contributed by atoms with Crippen LogP contribution in [-0.2, 0) is 0 Å². The second-order valence-electron chi connectivity index (χ2n) is 2.49. The van der Waals surface area contributed by atoms with E-state index in [-0.39, 0.29) is 18.2 Å². The average Bonchev–Trinajstić information content (AvgIpc) is 2.06. The molecule has 1 aromatic heterocycles. The van der Waals surface area contributed by atoms with E-state index >= 15 is 0 Å². The van der Waals surface area contributed by atoms with E-state index in [1.165, 1.54) is 0 Å². The predicted octanol–water partition coefficient (Wildman–Crippen LogP) is 2.10. The van der Waals surface area contributed by atoms with Gasteiger partial charge >= 0.3 is 0 Å². The minimum absolute atomic E-state index is 0. The standard InChI is InChI=1S/C9H7NO.ClH/c11-9-3-1-2-7-6-10-5-4-8(7)9;/h1-2,4-6H,3H2;1H. The molecule has 0 fully saturated rings. The average molecular weight is 182 g/mol. The van der Waals surface area contributed by atoms with E-state index in [1.807, 2.05) is 12.2 Å². The first kappa shape index (κ1) is 8.94. The first-order chi connectivity index (χ1) is 5.38. The van der Waals surface area contributed by atoms with Gasteiger partial charge in [0.1, 0.15) is 0 Å². The number of nitrogens with zero attached hydrogens (tertiary/aromatic N) is 1. The van der Waals surface area contributed by atoms with E-state index in [4.69, 9.17) is 0 Å². The van der Waals surface area contributed by atoms with E-state index in [0.717, 1.165) is 11.1 Å². The minimum atomic E-state index is 0. The van der Waals surface area contributed by atoms with Gasteiger partial charge in [-0.2, -0.15) is 0 Å². The summed E-state index contributed by atoms with van der Waals surface area (Å²) in [5, 5.41) is 0. The van der Waals surface area contributed by atoms with E-state index in [0.29, 0.717) is 6.42 Å². The van der Waals surface area contributed by atoms with Gasteiger partial charge < -0.3 is 0 Å². The molecule has 0 spiro atoms. The van der Waals surface area contributed by atoms with Crippen molar-refractivity contribution in [3.8, 4) is 0 Å². The largest absolute Gasteiger partial charge is 0.294 e. The van der Waals surface area contributed by atoms with E-state index in [2.05, 4.69) is 4.98 Å². The quantitative estimate of drug-likeness (QED) is 0.614. The van der Waals surface area contributed by atoms with Gasteiger partial charge in [-0.1, -0.05) is 12.2 Å². The molecular formula is C9H8ClNO. The van der Waals surface area contributed by atoms with E-state index in [9.17, 15) is 4.79 Å². The van der Waals surface area contributed by atoms with Crippen molar-refractivity contribution in [2.75, 3.05) is 0 Å². The summed E-state index contributed by atoms with van der Waals surface area (Å²) in [5.41, 5.74) is 1.73. The zero-order chi connectivity index (χ0) is 7.68. The molecule has 1 aliphatic rings. The van der Waals surface area contributed by atoms with Crippen molar-refractivity contribution >= 4 is 24.3 Å². The molecule has 0 unspecified atom stereocenters. The van der Waals surface area contributed by atoms with E-state index in [1.54, 1.807) is 18.5 Å². The first-order valence-corrected chi connectivity index (χ1v) is 3.52. The lowest BCUT2D eigenvalue weighted by Gasteiger charge is -2.06. The third-order valence-corrected chi connectivity index (χ3v) is 1.75. The van der Waals surface area contributed by atoms with Crippen LogP contribution in [0.15, 0.2) is 24.5 Å².